The molecule has 4 rings (SSSR count). The zero-order valence-electron chi connectivity index (χ0n) is 13.8. The fourth-order valence-corrected chi connectivity index (χ4v) is 3.82. The number of nitrogens with one attached hydrogen (secondary N) is 1. The molecule has 0 amide bonds. The van der Waals surface area contributed by atoms with E-state index in [1.807, 2.05) is 48.7 Å². The van der Waals surface area contributed by atoms with Gasteiger partial charge in [-0.15, -0.1) is 11.3 Å². The van der Waals surface area contributed by atoms with Crippen LogP contribution in [0.1, 0.15) is 22.9 Å². The molecule has 2 N–H and O–H groups in total. The molecule has 0 saturated carbocycles. The fourth-order valence-electron chi connectivity index (χ4n) is 3.10. The van der Waals surface area contributed by atoms with Gasteiger partial charge in [-0.05, 0) is 29.3 Å². The maximum atomic E-state index is 10.7. The number of anilines is 1. The van der Waals surface area contributed by atoms with E-state index < -0.39 is 0 Å². The number of fused-ring (bicyclic) bond motifs is 1. The minimum atomic E-state index is -0.183. The highest BCUT2D eigenvalue weighted by Crippen LogP contribution is 2.38. The summed E-state index contributed by atoms with van der Waals surface area (Å²) in [6, 6.07) is 21.8. The molecule has 3 aromatic carbocycles. The van der Waals surface area contributed by atoms with E-state index in [9.17, 15) is 5.11 Å². The Morgan fingerprint density at radius 2 is 1.72 bits per heavy atom. The lowest BCUT2D eigenvalue weighted by atomic mass is 9.93. The minimum absolute atomic E-state index is 0.183. The lowest BCUT2D eigenvalue weighted by molar-refractivity contribution is 0.468. The highest BCUT2D eigenvalue weighted by Gasteiger charge is 2.21. The molecule has 3 nitrogen and oxygen atoms in total. The van der Waals surface area contributed by atoms with Crippen molar-refractivity contribution < 1.29 is 5.11 Å². The first-order valence-corrected chi connectivity index (χ1v) is 9.04. The van der Waals surface area contributed by atoms with Gasteiger partial charge in [0, 0.05) is 10.9 Å². The molecule has 1 heterocycles. The van der Waals surface area contributed by atoms with Crippen molar-refractivity contribution in [2.75, 3.05) is 5.32 Å². The van der Waals surface area contributed by atoms with Crippen molar-refractivity contribution in [1.82, 2.24) is 4.98 Å². The van der Waals surface area contributed by atoms with Gasteiger partial charge in [0.2, 0.25) is 0 Å². The molecule has 0 spiro atoms. The molecule has 0 aliphatic rings. The van der Waals surface area contributed by atoms with Crippen molar-refractivity contribution in [1.29, 1.82) is 0 Å². The van der Waals surface area contributed by atoms with Crippen LogP contribution in [0.2, 0.25) is 0 Å². The number of phenolic OH excluding ortho intramolecular Hbond substituents is 1. The second-order valence-corrected chi connectivity index (χ2v) is 6.86. The van der Waals surface area contributed by atoms with E-state index in [1.165, 1.54) is 0 Å². The molecule has 0 aliphatic carbocycles. The monoisotopic (exact) mass is 346 g/mol. The predicted octanol–water partition coefficient (Wildman–Crippen LogP) is 5.51. The molecule has 25 heavy (non-hydrogen) atoms. The number of hydrogen-bond donors (Lipinski definition) is 2. The number of aromatic nitrogens is 1. The van der Waals surface area contributed by atoms with E-state index in [0.717, 1.165) is 32.7 Å². The van der Waals surface area contributed by atoms with Crippen molar-refractivity contribution in [3.8, 4) is 5.75 Å². The third-order valence-electron chi connectivity index (χ3n) is 4.26. The first kappa shape index (κ1) is 15.7. The van der Waals surface area contributed by atoms with Crippen LogP contribution in [0.15, 0.2) is 72.1 Å². The standard InChI is InChI=1S/C21H18N2OS/c1-14-13-25-21(22-14)23-20(16-8-3-2-4-9-16)19-17-10-6-5-7-15(17)11-12-18(19)24/h2-13,20,24H,1H3,(H,22,23). The summed E-state index contributed by atoms with van der Waals surface area (Å²) in [5.74, 6) is 0.285. The molecule has 4 heteroatoms. The lowest BCUT2D eigenvalue weighted by Crippen LogP contribution is -2.13. The van der Waals surface area contributed by atoms with Crippen LogP contribution in [-0.4, -0.2) is 10.1 Å². The number of rotatable bonds is 4. The number of thiazole rings is 1. The third kappa shape index (κ3) is 3.08. The van der Waals surface area contributed by atoms with Crippen LogP contribution >= 0.6 is 11.3 Å². The molecule has 0 saturated heterocycles. The molecule has 0 radical (unpaired) electrons. The highest BCUT2D eigenvalue weighted by molar-refractivity contribution is 7.13. The smallest absolute Gasteiger partial charge is 0.183 e. The van der Waals surface area contributed by atoms with Gasteiger partial charge < -0.3 is 10.4 Å². The largest absolute Gasteiger partial charge is 0.508 e. The summed E-state index contributed by atoms with van der Waals surface area (Å²) < 4.78 is 0. The Labute approximate surface area is 150 Å². The Kier molecular flexibility index (Phi) is 4.12. The highest BCUT2D eigenvalue weighted by atomic mass is 32.1. The summed E-state index contributed by atoms with van der Waals surface area (Å²) in [7, 11) is 0. The molecule has 1 unspecified atom stereocenters. The summed E-state index contributed by atoms with van der Waals surface area (Å²) in [5, 5.41) is 19.2. The fraction of sp³-hybridized carbons (Fsp3) is 0.0952. The molecule has 0 bridgehead atoms. The summed E-state index contributed by atoms with van der Waals surface area (Å²) in [6.45, 7) is 1.98. The van der Waals surface area contributed by atoms with Crippen LogP contribution in [0.25, 0.3) is 10.8 Å². The van der Waals surface area contributed by atoms with Gasteiger partial charge in [0.05, 0.1) is 11.7 Å². The molecule has 1 aromatic heterocycles. The van der Waals surface area contributed by atoms with Crippen LogP contribution in [0.5, 0.6) is 5.75 Å². The Balaban J connectivity index is 1.90. The number of nitrogens with zero attached hydrogens (tertiary/aromatic N) is 1. The number of phenols is 1. The Bertz CT molecular complexity index is 1010. The minimum Gasteiger partial charge on any atom is -0.508 e. The van der Waals surface area contributed by atoms with Gasteiger partial charge >= 0.3 is 0 Å². The molecule has 1 atom stereocenters. The number of benzene rings is 3. The Hall–Kier alpha value is -2.85. The van der Waals surface area contributed by atoms with Crippen molar-refractivity contribution in [2.45, 2.75) is 13.0 Å². The van der Waals surface area contributed by atoms with E-state index >= 15 is 0 Å². The topological polar surface area (TPSA) is 45.1 Å². The average Bonchev–Trinajstić information content (AvgIpc) is 3.06. The normalized spacial score (nSPS) is 12.2. The first-order chi connectivity index (χ1) is 12.2. The average molecular weight is 346 g/mol. The second kappa shape index (κ2) is 6.57. The maximum Gasteiger partial charge on any atom is 0.183 e. The van der Waals surface area contributed by atoms with Gasteiger partial charge in [-0.1, -0.05) is 60.7 Å². The lowest BCUT2D eigenvalue weighted by Gasteiger charge is -2.22. The summed E-state index contributed by atoms with van der Waals surface area (Å²) in [4.78, 5) is 4.54. The SMILES string of the molecule is Cc1csc(NC(c2ccccc2)c2c(O)ccc3ccccc23)n1. The van der Waals surface area contributed by atoms with Crippen LogP contribution in [0.3, 0.4) is 0 Å². The number of aryl methyl sites for hydroxylation is 1. The second-order valence-electron chi connectivity index (χ2n) is 6.00. The van der Waals surface area contributed by atoms with Crippen LogP contribution < -0.4 is 5.32 Å². The zero-order valence-corrected chi connectivity index (χ0v) is 14.6. The maximum absolute atomic E-state index is 10.7. The number of aromatic hydroxyl groups is 1. The van der Waals surface area contributed by atoms with E-state index in [0.29, 0.717) is 0 Å². The van der Waals surface area contributed by atoms with Crippen molar-refractivity contribution in [3.63, 3.8) is 0 Å². The Morgan fingerprint density at radius 1 is 0.960 bits per heavy atom. The van der Waals surface area contributed by atoms with Crippen molar-refractivity contribution in [2.24, 2.45) is 0 Å². The van der Waals surface area contributed by atoms with Crippen LogP contribution in [0.4, 0.5) is 5.13 Å². The summed E-state index contributed by atoms with van der Waals surface area (Å²) in [6.07, 6.45) is 0. The molecule has 4 aromatic rings. The number of hydrogen-bond acceptors (Lipinski definition) is 4. The van der Waals surface area contributed by atoms with Crippen LogP contribution in [-0.2, 0) is 0 Å². The molecule has 0 aliphatic heterocycles. The molecular formula is C21H18N2OS. The van der Waals surface area contributed by atoms with E-state index in [2.05, 4.69) is 34.6 Å². The molecule has 0 fully saturated rings. The van der Waals surface area contributed by atoms with Gasteiger partial charge in [-0.25, -0.2) is 4.98 Å². The Morgan fingerprint density at radius 3 is 2.48 bits per heavy atom. The van der Waals surface area contributed by atoms with Gasteiger partial charge in [0.25, 0.3) is 0 Å². The molecular weight excluding hydrogens is 328 g/mol. The van der Waals surface area contributed by atoms with Crippen molar-refractivity contribution >= 4 is 27.2 Å². The van der Waals surface area contributed by atoms with Crippen LogP contribution in [0, 0.1) is 6.92 Å². The van der Waals surface area contributed by atoms with Gasteiger partial charge in [-0.2, -0.15) is 0 Å². The van der Waals surface area contributed by atoms with Gasteiger partial charge in [-0.3, -0.25) is 0 Å². The predicted molar refractivity (Wildman–Crippen MR) is 104 cm³/mol. The molecule has 124 valence electrons. The van der Waals surface area contributed by atoms with E-state index in [-0.39, 0.29) is 11.8 Å². The van der Waals surface area contributed by atoms with E-state index in [4.69, 9.17) is 0 Å². The quantitative estimate of drug-likeness (QED) is 0.512. The summed E-state index contributed by atoms with van der Waals surface area (Å²) >= 11 is 1.57. The van der Waals surface area contributed by atoms with E-state index in [1.54, 1.807) is 17.4 Å². The zero-order chi connectivity index (χ0) is 17.2. The first-order valence-electron chi connectivity index (χ1n) is 8.16. The third-order valence-corrected chi connectivity index (χ3v) is 5.15. The van der Waals surface area contributed by atoms with Gasteiger partial charge in [0.1, 0.15) is 5.75 Å². The van der Waals surface area contributed by atoms with Crippen molar-refractivity contribution in [3.05, 3.63) is 88.9 Å². The van der Waals surface area contributed by atoms with Gasteiger partial charge in [0.15, 0.2) is 5.13 Å². The summed E-state index contributed by atoms with van der Waals surface area (Å²) in [5.41, 5.74) is 2.95.